The minimum absolute atomic E-state index is 0.121. The average Bonchev–Trinajstić information content (AvgIpc) is 2.75. The van der Waals surface area contributed by atoms with E-state index in [1.165, 1.54) is 11.3 Å². The summed E-state index contributed by atoms with van der Waals surface area (Å²) in [4.78, 5) is 18.2. The predicted molar refractivity (Wildman–Crippen MR) is 74.8 cm³/mol. The molecular formula is C12H22N4OS. The third kappa shape index (κ3) is 4.72. The molecule has 1 rings (SSSR count). The number of hydrogen-bond acceptors (Lipinski definition) is 5. The molecule has 5 nitrogen and oxygen atoms in total. The summed E-state index contributed by atoms with van der Waals surface area (Å²) in [5.41, 5.74) is 6.18. The van der Waals surface area contributed by atoms with Crippen molar-refractivity contribution in [1.29, 1.82) is 0 Å². The molecule has 0 aliphatic carbocycles. The molecule has 1 heterocycles. The molecule has 1 amide bonds. The van der Waals surface area contributed by atoms with Crippen LogP contribution in [0, 0.1) is 0 Å². The summed E-state index contributed by atoms with van der Waals surface area (Å²) < 4.78 is 0. The van der Waals surface area contributed by atoms with Crippen molar-refractivity contribution in [2.45, 2.75) is 32.4 Å². The Morgan fingerprint density at radius 2 is 2.22 bits per heavy atom. The van der Waals surface area contributed by atoms with Crippen molar-refractivity contribution in [1.82, 2.24) is 15.2 Å². The summed E-state index contributed by atoms with van der Waals surface area (Å²) in [7, 11) is 4.04. The summed E-state index contributed by atoms with van der Waals surface area (Å²) in [6.07, 6.45) is 0.920. The highest BCUT2D eigenvalue weighted by Gasteiger charge is 2.14. The molecule has 102 valence electrons. The molecular weight excluding hydrogens is 248 g/mol. The van der Waals surface area contributed by atoms with Gasteiger partial charge in [0.15, 0.2) is 0 Å². The second kappa shape index (κ2) is 6.82. The highest BCUT2D eigenvalue weighted by Crippen LogP contribution is 2.15. The van der Waals surface area contributed by atoms with E-state index in [1.807, 2.05) is 27.9 Å². The van der Waals surface area contributed by atoms with Crippen LogP contribution in [-0.4, -0.2) is 42.5 Å². The van der Waals surface area contributed by atoms with Crippen LogP contribution >= 0.6 is 11.3 Å². The van der Waals surface area contributed by atoms with Gasteiger partial charge >= 0.3 is 0 Å². The molecule has 2 atom stereocenters. The maximum absolute atomic E-state index is 11.9. The van der Waals surface area contributed by atoms with E-state index in [2.05, 4.69) is 15.2 Å². The summed E-state index contributed by atoms with van der Waals surface area (Å²) in [5.74, 6) is -0.121. The third-order valence-electron chi connectivity index (χ3n) is 2.53. The molecule has 0 bridgehead atoms. The normalized spacial score (nSPS) is 14.6. The van der Waals surface area contributed by atoms with Crippen LogP contribution in [0.4, 0.5) is 0 Å². The maximum Gasteiger partial charge on any atom is 0.270 e. The second-order valence-electron chi connectivity index (χ2n) is 4.83. The van der Waals surface area contributed by atoms with E-state index < -0.39 is 0 Å². The van der Waals surface area contributed by atoms with Crippen molar-refractivity contribution >= 4 is 17.2 Å². The highest BCUT2D eigenvalue weighted by molar-refractivity contribution is 7.09. The highest BCUT2D eigenvalue weighted by atomic mass is 32.1. The number of nitrogens with zero attached hydrogens (tertiary/aromatic N) is 2. The summed E-state index contributed by atoms with van der Waals surface area (Å²) in [6, 6.07) is 0.0167. The Bertz CT molecular complexity index is 389. The first-order valence-corrected chi connectivity index (χ1v) is 6.94. The Hall–Kier alpha value is -0.980. The molecule has 0 aliphatic rings. The molecule has 0 fully saturated rings. The van der Waals surface area contributed by atoms with E-state index >= 15 is 0 Å². The van der Waals surface area contributed by atoms with E-state index in [0.717, 1.165) is 18.0 Å². The van der Waals surface area contributed by atoms with Gasteiger partial charge in [0.25, 0.3) is 5.91 Å². The van der Waals surface area contributed by atoms with E-state index in [1.54, 1.807) is 5.38 Å². The van der Waals surface area contributed by atoms with Crippen LogP contribution in [-0.2, 0) is 0 Å². The van der Waals surface area contributed by atoms with E-state index in [4.69, 9.17) is 5.73 Å². The van der Waals surface area contributed by atoms with Gasteiger partial charge in [-0.2, -0.15) is 0 Å². The molecule has 18 heavy (non-hydrogen) atoms. The smallest absolute Gasteiger partial charge is 0.270 e. The van der Waals surface area contributed by atoms with Gasteiger partial charge < -0.3 is 16.0 Å². The number of thiazole rings is 1. The van der Waals surface area contributed by atoms with Crippen molar-refractivity contribution in [3.8, 4) is 0 Å². The van der Waals surface area contributed by atoms with Gasteiger partial charge in [-0.25, -0.2) is 4.98 Å². The molecule has 0 saturated carbocycles. The van der Waals surface area contributed by atoms with Gasteiger partial charge in [-0.3, -0.25) is 4.79 Å². The molecule has 0 radical (unpaired) electrons. The van der Waals surface area contributed by atoms with E-state index in [-0.39, 0.29) is 18.0 Å². The van der Waals surface area contributed by atoms with Gasteiger partial charge in [0.05, 0.1) is 6.04 Å². The predicted octanol–water partition coefficient (Wildman–Crippen LogP) is 1.23. The van der Waals surface area contributed by atoms with Crippen LogP contribution in [0.2, 0.25) is 0 Å². The molecule has 3 N–H and O–H groups in total. The number of carbonyl (C=O) groups excluding carboxylic acids is 1. The SMILES string of the molecule is CC(CCN(C)C)NC(=O)c1csc(C(C)N)n1. The number of rotatable bonds is 6. The lowest BCUT2D eigenvalue weighted by Gasteiger charge is -2.16. The topological polar surface area (TPSA) is 71.2 Å². The van der Waals surface area contributed by atoms with Gasteiger partial charge in [0, 0.05) is 11.4 Å². The second-order valence-corrected chi connectivity index (χ2v) is 5.72. The van der Waals surface area contributed by atoms with Crippen LogP contribution in [0.3, 0.4) is 0 Å². The number of amides is 1. The van der Waals surface area contributed by atoms with Crippen molar-refractivity contribution < 1.29 is 4.79 Å². The van der Waals surface area contributed by atoms with Crippen LogP contribution in [0.5, 0.6) is 0 Å². The number of hydrogen-bond donors (Lipinski definition) is 2. The fourth-order valence-electron chi connectivity index (χ4n) is 1.42. The monoisotopic (exact) mass is 270 g/mol. The van der Waals surface area contributed by atoms with Crippen LogP contribution in [0.1, 0.15) is 41.8 Å². The fraction of sp³-hybridized carbons (Fsp3) is 0.667. The minimum atomic E-state index is -0.122. The van der Waals surface area contributed by atoms with Crippen LogP contribution < -0.4 is 11.1 Å². The maximum atomic E-state index is 11.9. The Morgan fingerprint density at radius 3 is 2.72 bits per heavy atom. The lowest BCUT2D eigenvalue weighted by Crippen LogP contribution is -2.35. The number of carbonyl (C=O) groups is 1. The Labute approximate surface area is 112 Å². The van der Waals surface area contributed by atoms with Gasteiger partial charge in [-0.1, -0.05) is 0 Å². The first-order chi connectivity index (χ1) is 8.40. The quantitative estimate of drug-likeness (QED) is 0.815. The minimum Gasteiger partial charge on any atom is -0.348 e. The zero-order valence-electron chi connectivity index (χ0n) is 11.4. The first kappa shape index (κ1) is 15.1. The molecule has 0 saturated heterocycles. The lowest BCUT2D eigenvalue weighted by molar-refractivity contribution is 0.0932. The summed E-state index contributed by atoms with van der Waals surface area (Å²) in [5, 5.41) is 5.49. The van der Waals surface area contributed by atoms with Gasteiger partial charge in [-0.05, 0) is 40.9 Å². The molecule has 1 aromatic heterocycles. The molecule has 6 heteroatoms. The van der Waals surface area contributed by atoms with Gasteiger partial charge in [0.1, 0.15) is 10.7 Å². The Morgan fingerprint density at radius 1 is 1.56 bits per heavy atom. The van der Waals surface area contributed by atoms with Crippen molar-refractivity contribution in [2.24, 2.45) is 5.73 Å². The number of nitrogens with one attached hydrogen (secondary N) is 1. The Balaban J connectivity index is 2.48. The molecule has 0 spiro atoms. The van der Waals surface area contributed by atoms with Crippen LogP contribution in [0.25, 0.3) is 0 Å². The largest absolute Gasteiger partial charge is 0.348 e. The molecule has 1 aromatic rings. The zero-order valence-corrected chi connectivity index (χ0v) is 12.3. The van der Waals surface area contributed by atoms with E-state index in [0.29, 0.717) is 5.69 Å². The lowest BCUT2D eigenvalue weighted by atomic mass is 10.2. The van der Waals surface area contributed by atoms with Gasteiger partial charge in [0.2, 0.25) is 0 Å². The Kier molecular flexibility index (Phi) is 5.71. The molecule has 2 unspecified atom stereocenters. The standard InChI is InChI=1S/C12H22N4OS/c1-8(5-6-16(3)4)14-11(17)10-7-18-12(15-10)9(2)13/h7-9H,5-6,13H2,1-4H3,(H,14,17). The van der Waals surface area contributed by atoms with Crippen LogP contribution in [0.15, 0.2) is 5.38 Å². The molecule has 0 aliphatic heterocycles. The average molecular weight is 270 g/mol. The fourth-order valence-corrected chi connectivity index (χ4v) is 2.18. The number of aromatic nitrogens is 1. The van der Waals surface area contributed by atoms with Gasteiger partial charge in [-0.15, -0.1) is 11.3 Å². The van der Waals surface area contributed by atoms with Crippen molar-refractivity contribution in [2.75, 3.05) is 20.6 Å². The third-order valence-corrected chi connectivity index (χ3v) is 3.58. The summed E-state index contributed by atoms with van der Waals surface area (Å²) in [6.45, 7) is 4.81. The van der Waals surface area contributed by atoms with Crippen molar-refractivity contribution in [3.05, 3.63) is 16.1 Å². The first-order valence-electron chi connectivity index (χ1n) is 6.06. The zero-order chi connectivity index (χ0) is 13.7. The van der Waals surface area contributed by atoms with Crippen molar-refractivity contribution in [3.63, 3.8) is 0 Å². The molecule has 0 aromatic carbocycles. The number of nitrogens with two attached hydrogens (primary N) is 1. The van der Waals surface area contributed by atoms with E-state index in [9.17, 15) is 4.79 Å². The summed E-state index contributed by atoms with van der Waals surface area (Å²) >= 11 is 1.43.